The third kappa shape index (κ3) is 2.90. The molecule has 0 saturated heterocycles. The van der Waals surface area contributed by atoms with Crippen LogP contribution < -0.4 is 15.8 Å². The minimum absolute atomic E-state index is 0.0763. The first-order chi connectivity index (χ1) is 9.52. The Bertz CT molecular complexity index is 620. The van der Waals surface area contributed by atoms with Crippen molar-refractivity contribution in [3.8, 4) is 5.75 Å². The van der Waals surface area contributed by atoms with Crippen molar-refractivity contribution < 1.29 is 14.1 Å². The van der Waals surface area contributed by atoms with E-state index in [9.17, 15) is 4.79 Å². The zero-order chi connectivity index (χ0) is 14.7. The number of aryl methyl sites for hydroxylation is 1. The molecule has 7 nitrogen and oxygen atoms in total. The Balaban J connectivity index is 2.05. The van der Waals surface area contributed by atoms with E-state index in [-0.39, 0.29) is 5.78 Å². The standard InChI is InChI=1S/C12H16N4O3S/c1-6(17)11-9(13)10(18-3)12(20-11)14-5-4-8-15-7(2)19-16-8/h14H,4-5,13H2,1-3H3. The average molecular weight is 296 g/mol. The summed E-state index contributed by atoms with van der Waals surface area (Å²) in [7, 11) is 1.52. The summed E-state index contributed by atoms with van der Waals surface area (Å²) in [5, 5.41) is 7.72. The minimum atomic E-state index is -0.0763. The number of nitrogens with two attached hydrogens (primary N) is 1. The zero-order valence-corrected chi connectivity index (χ0v) is 12.3. The maximum Gasteiger partial charge on any atom is 0.223 e. The number of ketones is 1. The summed E-state index contributed by atoms with van der Waals surface area (Å²) in [4.78, 5) is 16.1. The van der Waals surface area contributed by atoms with E-state index in [4.69, 9.17) is 15.0 Å². The molecule has 0 saturated carbocycles. The van der Waals surface area contributed by atoms with Crippen LogP contribution in [0.3, 0.4) is 0 Å². The second-order valence-corrected chi connectivity index (χ2v) is 5.19. The molecular formula is C12H16N4O3S. The molecule has 2 aromatic heterocycles. The summed E-state index contributed by atoms with van der Waals surface area (Å²) >= 11 is 1.28. The van der Waals surface area contributed by atoms with Crippen molar-refractivity contribution in [3.63, 3.8) is 0 Å². The van der Waals surface area contributed by atoms with Crippen molar-refractivity contribution in [1.82, 2.24) is 10.1 Å². The summed E-state index contributed by atoms with van der Waals surface area (Å²) in [5.74, 6) is 1.60. The third-order valence-electron chi connectivity index (χ3n) is 2.63. The van der Waals surface area contributed by atoms with Crippen LogP contribution in [-0.2, 0) is 6.42 Å². The summed E-state index contributed by atoms with van der Waals surface area (Å²) in [5.41, 5.74) is 6.26. The number of thiophene rings is 1. The first kappa shape index (κ1) is 14.3. The average Bonchev–Trinajstić information content (AvgIpc) is 2.94. The maximum absolute atomic E-state index is 11.5. The van der Waals surface area contributed by atoms with E-state index in [1.54, 1.807) is 6.92 Å². The molecule has 0 spiro atoms. The van der Waals surface area contributed by atoms with Crippen LogP contribution in [0.1, 0.15) is 28.3 Å². The molecule has 0 radical (unpaired) electrons. The molecule has 0 unspecified atom stereocenters. The number of rotatable bonds is 6. The number of nitrogens with one attached hydrogen (secondary N) is 1. The SMILES string of the molecule is COc1c(NCCc2noc(C)n2)sc(C(C)=O)c1N. The molecule has 0 aliphatic rings. The molecule has 3 N–H and O–H groups in total. The Morgan fingerprint density at radius 3 is 2.85 bits per heavy atom. The number of ether oxygens (including phenoxy) is 1. The van der Waals surface area contributed by atoms with Gasteiger partial charge in [0, 0.05) is 26.8 Å². The highest BCUT2D eigenvalue weighted by atomic mass is 32.1. The van der Waals surface area contributed by atoms with Crippen molar-refractivity contribution in [2.24, 2.45) is 0 Å². The van der Waals surface area contributed by atoms with E-state index in [0.29, 0.717) is 41.0 Å². The first-order valence-corrected chi connectivity index (χ1v) is 6.84. The molecule has 0 aliphatic heterocycles. The van der Waals surface area contributed by atoms with Crippen LogP contribution in [-0.4, -0.2) is 29.6 Å². The van der Waals surface area contributed by atoms with E-state index in [2.05, 4.69) is 15.5 Å². The van der Waals surface area contributed by atoms with E-state index < -0.39 is 0 Å². The number of nitrogen functional groups attached to an aromatic ring is 1. The molecule has 0 aliphatic carbocycles. The fourth-order valence-electron chi connectivity index (χ4n) is 1.74. The van der Waals surface area contributed by atoms with Crippen LogP contribution in [0.4, 0.5) is 10.7 Å². The number of methoxy groups -OCH3 is 1. The van der Waals surface area contributed by atoms with Gasteiger partial charge in [0.15, 0.2) is 17.4 Å². The van der Waals surface area contributed by atoms with E-state index in [1.165, 1.54) is 25.4 Å². The highest BCUT2D eigenvalue weighted by Crippen LogP contribution is 2.42. The number of nitrogens with zero attached hydrogens (tertiary/aromatic N) is 2. The fourth-order valence-corrected chi connectivity index (χ4v) is 2.75. The van der Waals surface area contributed by atoms with Crippen LogP contribution in [0.25, 0.3) is 0 Å². The fraction of sp³-hybridized carbons (Fsp3) is 0.417. The first-order valence-electron chi connectivity index (χ1n) is 6.03. The zero-order valence-electron chi connectivity index (χ0n) is 11.5. The molecule has 0 bridgehead atoms. The van der Waals surface area contributed by atoms with Crippen LogP contribution in [0, 0.1) is 6.92 Å². The van der Waals surface area contributed by atoms with Crippen molar-refractivity contribution >= 4 is 27.8 Å². The van der Waals surface area contributed by atoms with Crippen molar-refractivity contribution in [2.45, 2.75) is 20.3 Å². The van der Waals surface area contributed by atoms with Gasteiger partial charge in [0.1, 0.15) is 5.00 Å². The van der Waals surface area contributed by atoms with Crippen molar-refractivity contribution in [3.05, 3.63) is 16.6 Å². The lowest BCUT2D eigenvalue weighted by molar-refractivity contribution is 0.102. The van der Waals surface area contributed by atoms with Crippen molar-refractivity contribution in [1.29, 1.82) is 0 Å². The number of Topliss-reactive ketones (excluding diaryl/α,β-unsaturated/α-hetero) is 1. The van der Waals surface area contributed by atoms with E-state index in [1.807, 2.05) is 0 Å². The van der Waals surface area contributed by atoms with Gasteiger partial charge >= 0.3 is 0 Å². The lowest BCUT2D eigenvalue weighted by Gasteiger charge is -2.05. The minimum Gasteiger partial charge on any atom is -0.492 e. The monoisotopic (exact) mass is 296 g/mol. The maximum atomic E-state index is 11.5. The van der Waals surface area contributed by atoms with Crippen LogP contribution >= 0.6 is 11.3 Å². The molecule has 8 heteroatoms. The molecule has 20 heavy (non-hydrogen) atoms. The highest BCUT2D eigenvalue weighted by Gasteiger charge is 2.19. The van der Waals surface area contributed by atoms with Gasteiger partial charge in [-0.25, -0.2) is 0 Å². The van der Waals surface area contributed by atoms with Gasteiger partial charge < -0.3 is 20.3 Å². The third-order valence-corrected chi connectivity index (χ3v) is 3.87. The van der Waals surface area contributed by atoms with E-state index >= 15 is 0 Å². The molecule has 108 valence electrons. The topological polar surface area (TPSA) is 103 Å². The predicted octanol–water partition coefficient (Wildman–Crippen LogP) is 1.89. The number of aromatic nitrogens is 2. The molecule has 2 rings (SSSR count). The molecule has 0 amide bonds. The summed E-state index contributed by atoms with van der Waals surface area (Å²) in [6.07, 6.45) is 0.605. The number of anilines is 2. The molecule has 2 aromatic rings. The second-order valence-electron chi connectivity index (χ2n) is 4.17. The molecule has 0 fully saturated rings. The lowest BCUT2D eigenvalue weighted by atomic mass is 10.3. The van der Waals surface area contributed by atoms with Gasteiger partial charge in [0.25, 0.3) is 0 Å². The number of hydrogen-bond acceptors (Lipinski definition) is 8. The molecule has 0 aromatic carbocycles. The predicted molar refractivity (Wildman–Crippen MR) is 76.5 cm³/mol. The summed E-state index contributed by atoms with van der Waals surface area (Å²) < 4.78 is 10.1. The lowest BCUT2D eigenvalue weighted by Crippen LogP contribution is -2.05. The van der Waals surface area contributed by atoms with Gasteiger partial charge in [-0.3, -0.25) is 4.79 Å². The van der Waals surface area contributed by atoms with Gasteiger partial charge in [-0.2, -0.15) is 4.98 Å². The van der Waals surface area contributed by atoms with Gasteiger partial charge in [-0.05, 0) is 0 Å². The van der Waals surface area contributed by atoms with Gasteiger partial charge in [0.05, 0.1) is 17.7 Å². The van der Waals surface area contributed by atoms with Crippen molar-refractivity contribution in [2.75, 3.05) is 24.7 Å². The van der Waals surface area contributed by atoms with Gasteiger partial charge in [-0.1, -0.05) is 5.16 Å². The molecule has 0 atom stereocenters. The number of hydrogen-bond donors (Lipinski definition) is 2. The molecule has 2 heterocycles. The summed E-state index contributed by atoms with van der Waals surface area (Å²) in [6, 6.07) is 0. The molecular weight excluding hydrogens is 280 g/mol. The summed E-state index contributed by atoms with van der Waals surface area (Å²) in [6.45, 7) is 3.81. The Labute approximate surface area is 120 Å². The Kier molecular flexibility index (Phi) is 4.23. The number of carbonyl (C=O) groups excluding carboxylic acids is 1. The van der Waals surface area contributed by atoms with Crippen LogP contribution in [0.2, 0.25) is 0 Å². The smallest absolute Gasteiger partial charge is 0.223 e. The highest BCUT2D eigenvalue weighted by molar-refractivity contribution is 7.19. The van der Waals surface area contributed by atoms with Crippen LogP contribution in [0.15, 0.2) is 4.52 Å². The van der Waals surface area contributed by atoms with Crippen LogP contribution in [0.5, 0.6) is 5.75 Å². The largest absolute Gasteiger partial charge is 0.492 e. The quantitative estimate of drug-likeness (QED) is 0.784. The van der Waals surface area contributed by atoms with Gasteiger partial charge in [-0.15, -0.1) is 11.3 Å². The second kappa shape index (κ2) is 5.91. The van der Waals surface area contributed by atoms with Gasteiger partial charge in [0.2, 0.25) is 5.89 Å². The Hall–Kier alpha value is -2.09. The van der Waals surface area contributed by atoms with E-state index in [0.717, 1.165) is 5.00 Å². The normalized spacial score (nSPS) is 10.6. The Morgan fingerprint density at radius 2 is 2.30 bits per heavy atom. The number of carbonyl (C=O) groups is 1. The Morgan fingerprint density at radius 1 is 1.55 bits per heavy atom.